The highest BCUT2D eigenvalue weighted by Gasteiger charge is 2.90. The highest BCUT2D eigenvalue weighted by molar-refractivity contribution is 7.85. The summed E-state index contributed by atoms with van der Waals surface area (Å²) in [6.45, 7) is 1.34. The van der Waals surface area contributed by atoms with Gasteiger partial charge in [0.25, 0.3) is 10.1 Å². The van der Waals surface area contributed by atoms with Crippen molar-refractivity contribution in [3.63, 3.8) is 0 Å². The molecular weight excluding hydrogens is 519 g/mol. The average Bonchev–Trinajstić information content (AvgIpc) is 2.58. The minimum Gasteiger partial charge on any atom is -0.282 e. The third kappa shape index (κ3) is 5.02. The summed E-state index contributed by atoms with van der Waals surface area (Å²) in [6.07, 6.45) is -12.2. The topological polar surface area (TPSA) is 54.4 Å². The molecule has 17 heteroatoms. The van der Waals surface area contributed by atoms with Gasteiger partial charge in [-0.25, -0.2) is 0 Å². The molecule has 0 amide bonds. The number of aryl methyl sites for hydroxylation is 2. The zero-order valence-corrected chi connectivity index (χ0v) is 16.8. The number of hydrogen-bond donors (Lipinski definition) is 1. The fourth-order valence-corrected chi connectivity index (χ4v) is 3.35. The second-order valence-electron chi connectivity index (χ2n) is 6.94. The van der Waals surface area contributed by atoms with Crippen LogP contribution in [0.15, 0.2) is 23.1 Å². The summed E-state index contributed by atoms with van der Waals surface area (Å²) in [5.74, 6) is -37.3. The molecule has 0 saturated carbocycles. The summed E-state index contributed by atoms with van der Waals surface area (Å²) in [6, 6.07) is 2.87. The number of hydrogen-bond acceptors (Lipinski definition) is 2. The molecule has 0 heterocycles. The molecule has 1 aromatic rings. The van der Waals surface area contributed by atoms with Crippen LogP contribution < -0.4 is 0 Å². The normalized spacial score (nSPS) is 15.1. The van der Waals surface area contributed by atoms with Crippen LogP contribution in [0, 0.1) is 6.92 Å². The van der Waals surface area contributed by atoms with Crippen molar-refractivity contribution in [1.82, 2.24) is 0 Å². The van der Waals surface area contributed by atoms with E-state index in [-0.39, 0.29) is 5.56 Å². The first kappa shape index (κ1) is 29.3. The molecule has 0 aliphatic heterocycles. The minimum absolute atomic E-state index is 0.259. The number of alkyl halides is 13. The quantitative estimate of drug-likeness (QED) is 0.300. The van der Waals surface area contributed by atoms with Crippen LogP contribution in [0.1, 0.15) is 24.0 Å². The van der Waals surface area contributed by atoms with E-state index in [0.29, 0.717) is 0 Å². The maximum absolute atomic E-state index is 13.8. The monoisotopic (exact) mass is 532 g/mol. The van der Waals surface area contributed by atoms with Crippen LogP contribution in [0.2, 0.25) is 0 Å². The molecule has 0 spiro atoms. The van der Waals surface area contributed by atoms with E-state index in [1.165, 1.54) is 6.92 Å². The standard InChI is InChI=1S/C16H13F13O3S/c1-8-4-5-10(33(30,31)32)9(7-8)3-2-6-11(17,18)12(19,20)13(21,22)14(23,24)15(25,26)16(27,28)29/h4-5,7H,2-3,6H2,1H3,(H,30,31,32). The van der Waals surface area contributed by atoms with Crippen LogP contribution in [0.25, 0.3) is 0 Å². The first-order valence-electron chi connectivity index (χ1n) is 8.37. The number of benzene rings is 1. The number of rotatable bonds is 9. The maximum atomic E-state index is 13.8. The molecule has 0 aliphatic carbocycles. The molecule has 1 N–H and O–H groups in total. The lowest BCUT2D eigenvalue weighted by molar-refractivity contribution is -0.440. The molecule has 1 rings (SSSR count). The van der Waals surface area contributed by atoms with Gasteiger partial charge in [-0.3, -0.25) is 4.55 Å². The predicted molar refractivity (Wildman–Crippen MR) is 84.7 cm³/mol. The minimum atomic E-state index is -7.97. The molecule has 0 saturated heterocycles. The SMILES string of the molecule is Cc1ccc(S(=O)(=O)O)c(CCCC(F)(F)C(F)(F)C(F)(F)C(F)(F)C(F)(F)C(F)(F)F)c1. The van der Waals surface area contributed by atoms with Gasteiger partial charge in [-0.2, -0.15) is 65.5 Å². The van der Waals surface area contributed by atoms with Gasteiger partial charge in [0, 0.05) is 6.42 Å². The van der Waals surface area contributed by atoms with E-state index in [1.54, 1.807) is 0 Å². The van der Waals surface area contributed by atoms with Crippen molar-refractivity contribution in [3.05, 3.63) is 29.3 Å². The summed E-state index contributed by atoms with van der Waals surface area (Å²) in [5, 5.41) is 0. The molecule has 0 aliphatic rings. The van der Waals surface area contributed by atoms with E-state index in [0.717, 1.165) is 18.2 Å². The van der Waals surface area contributed by atoms with Crippen LogP contribution in [-0.2, 0) is 16.5 Å². The van der Waals surface area contributed by atoms with Crippen LogP contribution >= 0.6 is 0 Å². The third-order valence-corrected chi connectivity index (χ3v) is 5.38. The van der Waals surface area contributed by atoms with E-state index < -0.39 is 75.6 Å². The molecule has 0 bridgehead atoms. The Kier molecular flexibility index (Phi) is 7.50. The van der Waals surface area contributed by atoms with Crippen LogP contribution in [-0.4, -0.2) is 48.8 Å². The van der Waals surface area contributed by atoms with Crippen molar-refractivity contribution in [2.45, 2.75) is 66.9 Å². The molecule has 0 aromatic heterocycles. The lowest BCUT2D eigenvalue weighted by atomic mass is 9.91. The molecule has 33 heavy (non-hydrogen) atoms. The van der Waals surface area contributed by atoms with E-state index >= 15 is 0 Å². The van der Waals surface area contributed by atoms with Gasteiger partial charge < -0.3 is 0 Å². The second-order valence-corrected chi connectivity index (χ2v) is 8.33. The van der Waals surface area contributed by atoms with Crippen molar-refractivity contribution in [2.75, 3.05) is 0 Å². The molecule has 192 valence electrons. The molecule has 0 unspecified atom stereocenters. The van der Waals surface area contributed by atoms with Crippen LogP contribution in [0.5, 0.6) is 0 Å². The van der Waals surface area contributed by atoms with Gasteiger partial charge in [0.2, 0.25) is 0 Å². The summed E-state index contributed by atoms with van der Waals surface area (Å²) in [7, 11) is -4.96. The van der Waals surface area contributed by atoms with Crippen molar-refractivity contribution >= 4 is 10.1 Å². The van der Waals surface area contributed by atoms with Gasteiger partial charge in [0.05, 0.1) is 4.90 Å². The molecule has 0 radical (unpaired) electrons. The highest BCUT2D eigenvalue weighted by Crippen LogP contribution is 2.60. The summed E-state index contributed by atoms with van der Waals surface area (Å²) >= 11 is 0. The summed E-state index contributed by atoms with van der Waals surface area (Å²) in [5.41, 5.74) is -0.215. The van der Waals surface area contributed by atoms with E-state index in [2.05, 4.69) is 0 Å². The zero-order valence-electron chi connectivity index (χ0n) is 15.9. The van der Waals surface area contributed by atoms with Crippen molar-refractivity contribution in [1.29, 1.82) is 0 Å². The Balaban J connectivity index is 3.24. The Morgan fingerprint density at radius 1 is 0.758 bits per heavy atom. The molecule has 0 fully saturated rings. The van der Waals surface area contributed by atoms with Gasteiger partial charge >= 0.3 is 35.8 Å². The first-order valence-corrected chi connectivity index (χ1v) is 9.81. The second kappa shape index (κ2) is 8.46. The third-order valence-electron chi connectivity index (χ3n) is 4.43. The van der Waals surface area contributed by atoms with E-state index in [4.69, 9.17) is 4.55 Å². The van der Waals surface area contributed by atoms with Gasteiger partial charge in [0.15, 0.2) is 0 Å². The Bertz CT molecular complexity index is 968. The Morgan fingerprint density at radius 2 is 1.21 bits per heavy atom. The highest BCUT2D eigenvalue weighted by atomic mass is 32.2. The first-order chi connectivity index (χ1) is 14.3. The summed E-state index contributed by atoms with van der Waals surface area (Å²) in [4.78, 5) is -0.884. The smallest absolute Gasteiger partial charge is 0.282 e. The van der Waals surface area contributed by atoms with Crippen molar-refractivity contribution in [3.8, 4) is 0 Å². The van der Waals surface area contributed by atoms with E-state index in [1.807, 2.05) is 0 Å². The summed E-state index contributed by atoms with van der Waals surface area (Å²) < 4.78 is 201. The molecule has 3 nitrogen and oxygen atoms in total. The van der Waals surface area contributed by atoms with Gasteiger partial charge in [0.1, 0.15) is 0 Å². The lowest BCUT2D eigenvalue weighted by Crippen LogP contribution is -2.70. The fraction of sp³-hybridized carbons (Fsp3) is 0.625. The fourth-order valence-electron chi connectivity index (χ4n) is 2.62. The van der Waals surface area contributed by atoms with Crippen LogP contribution in [0.4, 0.5) is 57.1 Å². The molecule has 1 aromatic carbocycles. The maximum Gasteiger partial charge on any atom is 0.460 e. The van der Waals surface area contributed by atoms with E-state index in [9.17, 15) is 65.5 Å². The van der Waals surface area contributed by atoms with Crippen molar-refractivity contribution in [2.24, 2.45) is 0 Å². The van der Waals surface area contributed by atoms with Gasteiger partial charge in [-0.05, 0) is 31.4 Å². The molecule has 0 atom stereocenters. The largest absolute Gasteiger partial charge is 0.460 e. The molecular formula is C16H13F13O3S. The van der Waals surface area contributed by atoms with Crippen molar-refractivity contribution < 1.29 is 70.0 Å². The zero-order chi connectivity index (χ0) is 26.5. The van der Waals surface area contributed by atoms with Gasteiger partial charge in [-0.1, -0.05) is 17.7 Å². The Morgan fingerprint density at radius 3 is 1.64 bits per heavy atom. The lowest BCUT2D eigenvalue weighted by Gasteiger charge is -2.39. The average molecular weight is 532 g/mol. The van der Waals surface area contributed by atoms with Crippen LogP contribution in [0.3, 0.4) is 0 Å². The number of halogens is 13. The van der Waals surface area contributed by atoms with Gasteiger partial charge in [-0.15, -0.1) is 0 Å². The predicted octanol–water partition coefficient (Wildman–Crippen LogP) is 6.30. The Labute approximate surface area is 177 Å². The Hall–Kier alpha value is -1.78.